The third-order valence-electron chi connectivity index (χ3n) is 2.60. The van der Waals surface area contributed by atoms with Crippen molar-refractivity contribution in [2.75, 3.05) is 5.43 Å². The topological polar surface area (TPSA) is 44.6 Å². The molecule has 2 rings (SSSR count). The number of hydrazone groups is 1. The van der Waals surface area contributed by atoms with Crippen molar-refractivity contribution in [2.24, 2.45) is 5.10 Å². The predicted molar refractivity (Wildman–Crippen MR) is 78.5 cm³/mol. The Kier molecular flexibility index (Phi) is 4.52. The highest BCUT2D eigenvalue weighted by molar-refractivity contribution is 9.10. The number of phenols is 1. The van der Waals surface area contributed by atoms with E-state index in [2.05, 4.69) is 26.5 Å². The Bertz CT molecular complexity index is 654. The summed E-state index contributed by atoms with van der Waals surface area (Å²) >= 11 is 3.26. The van der Waals surface area contributed by atoms with Crippen molar-refractivity contribution in [3.8, 4) is 5.75 Å². The minimum atomic E-state index is -4.36. The number of aromatic hydroxyl groups is 1. The van der Waals surface area contributed by atoms with Crippen LogP contribution in [0, 0.1) is 0 Å². The highest BCUT2D eigenvalue weighted by Gasteiger charge is 2.29. The molecule has 110 valence electrons. The summed E-state index contributed by atoms with van der Waals surface area (Å²) in [7, 11) is 0. The van der Waals surface area contributed by atoms with E-state index in [0.717, 1.165) is 16.6 Å². The Morgan fingerprint density at radius 2 is 1.76 bits per heavy atom. The lowest BCUT2D eigenvalue weighted by molar-refractivity contribution is -0.137. The zero-order valence-electron chi connectivity index (χ0n) is 10.5. The molecule has 0 aromatic heterocycles. The highest BCUT2D eigenvalue weighted by atomic mass is 79.9. The summed E-state index contributed by atoms with van der Waals surface area (Å²) in [6.07, 6.45) is -2.98. The molecule has 2 N–H and O–H groups in total. The first-order valence-electron chi connectivity index (χ1n) is 5.81. The van der Waals surface area contributed by atoms with Gasteiger partial charge in [0.2, 0.25) is 0 Å². The van der Waals surface area contributed by atoms with Gasteiger partial charge in [-0.1, -0.05) is 15.9 Å². The molecule has 2 aromatic rings. The molecule has 7 heteroatoms. The van der Waals surface area contributed by atoms with E-state index in [0.29, 0.717) is 11.3 Å². The maximum Gasteiger partial charge on any atom is 0.416 e. The van der Waals surface area contributed by atoms with Crippen LogP contribution >= 0.6 is 15.9 Å². The normalized spacial score (nSPS) is 11.8. The number of benzene rings is 2. The second-order valence-electron chi connectivity index (χ2n) is 4.15. The smallest absolute Gasteiger partial charge is 0.416 e. The van der Waals surface area contributed by atoms with Gasteiger partial charge in [0.15, 0.2) is 0 Å². The molecule has 0 aliphatic carbocycles. The quantitative estimate of drug-likeness (QED) is 0.621. The average Bonchev–Trinajstić information content (AvgIpc) is 2.42. The van der Waals surface area contributed by atoms with Crippen LogP contribution in [0.15, 0.2) is 52.0 Å². The van der Waals surface area contributed by atoms with E-state index in [1.165, 1.54) is 24.4 Å². The fourth-order valence-corrected chi connectivity index (χ4v) is 1.92. The summed E-state index contributed by atoms with van der Waals surface area (Å²) in [6.45, 7) is 0. The van der Waals surface area contributed by atoms with Crippen LogP contribution in [0.1, 0.15) is 11.1 Å². The van der Waals surface area contributed by atoms with Gasteiger partial charge < -0.3 is 5.11 Å². The lowest BCUT2D eigenvalue weighted by Crippen LogP contribution is -2.04. The zero-order valence-corrected chi connectivity index (χ0v) is 12.1. The van der Waals surface area contributed by atoms with Crippen LogP contribution in [0.5, 0.6) is 5.75 Å². The average molecular weight is 359 g/mol. The van der Waals surface area contributed by atoms with Crippen molar-refractivity contribution >= 4 is 27.8 Å². The van der Waals surface area contributed by atoms with Gasteiger partial charge in [0.05, 0.1) is 17.5 Å². The molecule has 0 radical (unpaired) electrons. The summed E-state index contributed by atoms with van der Waals surface area (Å²) in [4.78, 5) is 0. The number of hydrogen-bond donors (Lipinski definition) is 2. The first kappa shape index (κ1) is 15.4. The van der Waals surface area contributed by atoms with Crippen LogP contribution in [-0.2, 0) is 6.18 Å². The lowest BCUT2D eigenvalue weighted by Gasteiger charge is -2.07. The van der Waals surface area contributed by atoms with Crippen molar-refractivity contribution in [3.05, 3.63) is 58.1 Å². The van der Waals surface area contributed by atoms with Gasteiger partial charge in [0.1, 0.15) is 5.75 Å². The molecule has 0 saturated heterocycles. The number of rotatable bonds is 3. The maximum atomic E-state index is 12.4. The fraction of sp³-hybridized carbons (Fsp3) is 0.0714. The van der Waals surface area contributed by atoms with Crippen LogP contribution in [0.2, 0.25) is 0 Å². The van der Waals surface area contributed by atoms with Gasteiger partial charge in [0, 0.05) is 10.0 Å². The zero-order chi connectivity index (χ0) is 15.5. The standard InChI is InChI=1S/C14H10BrF3N2O/c15-11-3-6-13(21)9(7-11)8-19-20-12-4-1-10(2-5-12)14(16,17)18/h1-8,20-21H. The van der Waals surface area contributed by atoms with Gasteiger partial charge in [-0.3, -0.25) is 5.43 Å². The maximum absolute atomic E-state index is 12.4. The Morgan fingerprint density at radius 1 is 1.10 bits per heavy atom. The summed E-state index contributed by atoms with van der Waals surface area (Å²) in [5, 5.41) is 13.5. The second-order valence-corrected chi connectivity index (χ2v) is 5.06. The van der Waals surface area contributed by atoms with Gasteiger partial charge in [0.25, 0.3) is 0 Å². The van der Waals surface area contributed by atoms with Crippen molar-refractivity contribution in [3.63, 3.8) is 0 Å². The van der Waals surface area contributed by atoms with Gasteiger partial charge in [-0.15, -0.1) is 0 Å². The number of anilines is 1. The molecule has 0 aliphatic rings. The third kappa shape index (κ3) is 4.22. The van der Waals surface area contributed by atoms with Crippen molar-refractivity contribution < 1.29 is 18.3 Å². The number of nitrogens with zero attached hydrogens (tertiary/aromatic N) is 1. The molecule has 0 unspecified atom stereocenters. The van der Waals surface area contributed by atoms with Gasteiger partial charge in [-0.25, -0.2) is 0 Å². The SMILES string of the molecule is Oc1ccc(Br)cc1C=NNc1ccc(C(F)(F)F)cc1. The van der Waals surface area contributed by atoms with Crippen LogP contribution in [0.4, 0.5) is 18.9 Å². The fourth-order valence-electron chi connectivity index (χ4n) is 1.54. The Labute approximate surface area is 127 Å². The molecule has 3 nitrogen and oxygen atoms in total. The molecule has 0 spiro atoms. The molecule has 0 bridgehead atoms. The molecule has 0 aliphatic heterocycles. The van der Waals surface area contributed by atoms with E-state index in [1.807, 2.05) is 0 Å². The lowest BCUT2D eigenvalue weighted by atomic mass is 10.2. The number of nitrogens with one attached hydrogen (secondary N) is 1. The molecular weight excluding hydrogens is 349 g/mol. The molecule has 0 saturated carbocycles. The number of halogens is 4. The molecule has 2 aromatic carbocycles. The predicted octanol–water partition coefficient (Wildman–Crippen LogP) is 4.62. The third-order valence-corrected chi connectivity index (χ3v) is 3.09. The van der Waals surface area contributed by atoms with Crippen molar-refractivity contribution in [2.45, 2.75) is 6.18 Å². The monoisotopic (exact) mass is 358 g/mol. The van der Waals surface area contributed by atoms with Gasteiger partial charge >= 0.3 is 6.18 Å². The number of alkyl halides is 3. The molecule has 0 atom stereocenters. The van der Waals surface area contributed by atoms with Crippen molar-refractivity contribution in [1.82, 2.24) is 0 Å². The second kappa shape index (κ2) is 6.17. The van der Waals surface area contributed by atoms with E-state index >= 15 is 0 Å². The Morgan fingerprint density at radius 3 is 2.38 bits per heavy atom. The van der Waals surface area contributed by atoms with E-state index in [4.69, 9.17) is 0 Å². The van der Waals surface area contributed by atoms with Crippen LogP contribution in [-0.4, -0.2) is 11.3 Å². The van der Waals surface area contributed by atoms with Crippen LogP contribution in [0.25, 0.3) is 0 Å². The van der Waals surface area contributed by atoms with Gasteiger partial charge in [-0.2, -0.15) is 18.3 Å². The van der Waals surface area contributed by atoms with E-state index in [1.54, 1.807) is 12.1 Å². The molecule has 21 heavy (non-hydrogen) atoms. The molecule has 0 heterocycles. The molecular formula is C14H10BrF3N2O. The number of hydrogen-bond acceptors (Lipinski definition) is 3. The molecule has 0 fully saturated rings. The molecule has 0 amide bonds. The van der Waals surface area contributed by atoms with Crippen molar-refractivity contribution in [1.29, 1.82) is 0 Å². The summed E-state index contributed by atoms with van der Waals surface area (Å²) in [6, 6.07) is 9.33. The summed E-state index contributed by atoms with van der Waals surface area (Å²) in [5.74, 6) is 0.0520. The van der Waals surface area contributed by atoms with E-state index < -0.39 is 11.7 Å². The largest absolute Gasteiger partial charge is 0.507 e. The Balaban J connectivity index is 2.06. The van der Waals surface area contributed by atoms with E-state index in [-0.39, 0.29) is 5.75 Å². The van der Waals surface area contributed by atoms with E-state index in [9.17, 15) is 18.3 Å². The summed E-state index contributed by atoms with van der Waals surface area (Å²) < 4.78 is 38.0. The highest BCUT2D eigenvalue weighted by Crippen LogP contribution is 2.29. The minimum absolute atomic E-state index is 0.0520. The minimum Gasteiger partial charge on any atom is -0.507 e. The Hall–Kier alpha value is -2.02. The first-order valence-corrected chi connectivity index (χ1v) is 6.60. The van der Waals surface area contributed by atoms with Gasteiger partial charge in [-0.05, 0) is 42.5 Å². The van der Waals surface area contributed by atoms with Crippen LogP contribution < -0.4 is 5.43 Å². The first-order chi connectivity index (χ1) is 9.86. The van der Waals surface area contributed by atoms with Crippen LogP contribution in [0.3, 0.4) is 0 Å². The summed E-state index contributed by atoms with van der Waals surface area (Å²) in [5.41, 5.74) is 2.76. The number of phenolic OH excluding ortho intramolecular Hbond substituents is 1.